The highest BCUT2D eigenvalue weighted by atomic mass is 16.5. The van der Waals surface area contributed by atoms with Crippen molar-refractivity contribution < 1.29 is 9.53 Å². The molecule has 0 saturated carbocycles. The van der Waals surface area contributed by atoms with Crippen LogP contribution >= 0.6 is 0 Å². The molecule has 1 N–H and O–H groups in total. The van der Waals surface area contributed by atoms with Crippen LogP contribution in [-0.2, 0) is 11.3 Å². The van der Waals surface area contributed by atoms with E-state index in [0.717, 1.165) is 43.0 Å². The summed E-state index contributed by atoms with van der Waals surface area (Å²) in [5.41, 5.74) is 3.10. The second kappa shape index (κ2) is 10.7. The number of aryl methyl sites for hydroxylation is 1. The Morgan fingerprint density at radius 3 is 2.42 bits per heavy atom. The van der Waals surface area contributed by atoms with Gasteiger partial charge in [0.15, 0.2) is 0 Å². The molecule has 1 aliphatic heterocycles. The minimum absolute atomic E-state index is 0.0272. The maximum atomic E-state index is 13.8. The first kappa shape index (κ1) is 25.7. The molecule has 0 radical (unpaired) electrons. The predicted octanol–water partition coefficient (Wildman–Crippen LogP) is 3.44. The van der Waals surface area contributed by atoms with Gasteiger partial charge < -0.3 is 15.0 Å². The van der Waals surface area contributed by atoms with Gasteiger partial charge in [0.05, 0.1) is 18.0 Å². The number of methoxy groups -OCH3 is 1. The summed E-state index contributed by atoms with van der Waals surface area (Å²) < 4.78 is 6.98. The van der Waals surface area contributed by atoms with Crippen LogP contribution in [-0.4, -0.2) is 65.7 Å². The summed E-state index contributed by atoms with van der Waals surface area (Å²) in [4.78, 5) is 36.2. The average molecular weight is 492 g/mol. The number of hydrogen-bond donors (Lipinski definition) is 1. The third-order valence-electron chi connectivity index (χ3n) is 6.77. The molecule has 8 heteroatoms. The second-order valence-corrected chi connectivity index (χ2v) is 10.1. The van der Waals surface area contributed by atoms with Crippen LogP contribution in [0.1, 0.15) is 33.3 Å². The number of fused-ring (bicyclic) bond motifs is 1. The number of amides is 1. The van der Waals surface area contributed by atoms with Crippen molar-refractivity contribution in [2.24, 2.45) is 0 Å². The lowest BCUT2D eigenvalue weighted by molar-refractivity contribution is -0.122. The first-order valence-electron chi connectivity index (χ1n) is 12.7. The van der Waals surface area contributed by atoms with Crippen LogP contribution in [0.2, 0.25) is 0 Å². The van der Waals surface area contributed by atoms with Gasteiger partial charge in [-0.25, -0.2) is 4.98 Å². The van der Waals surface area contributed by atoms with Crippen LogP contribution in [0.4, 0.5) is 5.69 Å². The van der Waals surface area contributed by atoms with Crippen molar-refractivity contribution in [3.8, 4) is 17.1 Å². The third kappa shape index (κ3) is 5.38. The van der Waals surface area contributed by atoms with Gasteiger partial charge in [-0.15, -0.1) is 0 Å². The summed E-state index contributed by atoms with van der Waals surface area (Å²) in [6, 6.07) is 12.1. The Bertz CT molecular complexity index is 1310. The minimum atomic E-state index is -0.227. The Labute approximate surface area is 212 Å². The summed E-state index contributed by atoms with van der Waals surface area (Å²) in [5, 5.41) is 3.40. The fourth-order valence-corrected chi connectivity index (χ4v) is 4.74. The van der Waals surface area contributed by atoms with Crippen LogP contribution in [0.3, 0.4) is 0 Å². The number of carbonyl (C=O) groups is 1. The molecular weight excluding hydrogens is 454 g/mol. The number of hydrogen-bond acceptors (Lipinski definition) is 6. The largest absolute Gasteiger partial charge is 0.496 e. The van der Waals surface area contributed by atoms with Crippen molar-refractivity contribution >= 4 is 22.5 Å². The van der Waals surface area contributed by atoms with Gasteiger partial charge in [0.1, 0.15) is 18.1 Å². The molecule has 0 atom stereocenters. The van der Waals surface area contributed by atoms with E-state index in [2.05, 4.69) is 29.0 Å². The first-order valence-corrected chi connectivity index (χ1v) is 12.7. The first-order chi connectivity index (χ1) is 17.2. The summed E-state index contributed by atoms with van der Waals surface area (Å²) in [6.45, 7) is 13.9. The zero-order chi connectivity index (χ0) is 26.0. The SMILES string of the molecule is COc1cc(-c2nc3ccc(N4CCN(C(C)C)CC4)cc3c(=O)n2CC(=O)NC(C)C)ccc1C. The summed E-state index contributed by atoms with van der Waals surface area (Å²) in [5.74, 6) is 0.924. The maximum absolute atomic E-state index is 13.8. The molecule has 0 unspecified atom stereocenters. The van der Waals surface area contributed by atoms with E-state index in [1.807, 2.05) is 57.2 Å². The normalized spacial score (nSPS) is 14.6. The van der Waals surface area contributed by atoms with E-state index in [-0.39, 0.29) is 24.1 Å². The fourth-order valence-electron chi connectivity index (χ4n) is 4.74. The summed E-state index contributed by atoms with van der Waals surface area (Å²) >= 11 is 0. The van der Waals surface area contributed by atoms with Gasteiger partial charge in [0.25, 0.3) is 5.56 Å². The molecule has 1 fully saturated rings. The zero-order valence-electron chi connectivity index (χ0n) is 22.2. The number of nitrogens with one attached hydrogen (secondary N) is 1. The molecule has 8 nitrogen and oxygen atoms in total. The topological polar surface area (TPSA) is 79.7 Å². The highest BCUT2D eigenvalue weighted by Crippen LogP contribution is 2.28. The van der Waals surface area contributed by atoms with E-state index in [4.69, 9.17) is 9.72 Å². The molecule has 36 heavy (non-hydrogen) atoms. The molecule has 1 aromatic heterocycles. The van der Waals surface area contributed by atoms with Gasteiger partial charge in [0.2, 0.25) is 5.91 Å². The molecule has 2 heterocycles. The number of carbonyl (C=O) groups excluding carboxylic acids is 1. The molecule has 0 bridgehead atoms. The highest BCUT2D eigenvalue weighted by Gasteiger charge is 2.21. The van der Waals surface area contributed by atoms with E-state index in [9.17, 15) is 9.59 Å². The highest BCUT2D eigenvalue weighted by molar-refractivity contribution is 5.85. The maximum Gasteiger partial charge on any atom is 0.262 e. The average Bonchev–Trinajstić information content (AvgIpc) is 2.85. The smallest absolute Gasteiger partial charge is 0.262 e. The second-order valence-electron chi connectivity index (χ2n) is 10.1. The van der Waals surface area contributed by atoms with E-state index in [1.54, 1.807) is 7.11 Å². The molecule has 0 spiro atoms. The molecular formula is C28H37N5O3. The molecule has 1 saturated heterocycles. The third-order valence-corrected chi connectivity index (χ3v) is 6.77. The van der Waals surface area contributed by atoms with E-state index >= 15 is 0 Å². The minimum Gasteiger partial charge on any atom is -0.496 e. The van der Waals surface area contributed by atoms with E-state index in [0.29, 0.717) is 28.5 Å². The molecule has 3 aromatic rings. The van der Waals surface area contributed by atoms with E-state index < -0.39 is 0 Å². The Balaban J connectivity index is 1.79. The lowest BCUT2D eigenvalue weighted by Gasteiger charge is -2.38. The Morgan fingerprint density at radius 1 is 1.06 bits per heavy atom. The van der Waals surface area contributed by atoms with Crippen LogP contribution < -0.4 is 20.5 Å². The standard InChI is InChI=1S/C28H37N5O3/c1-18(2)29-26(34)17-33-27(21-8-7-20(5)25(15-21)36-6)30-24-10-9-22(16-23(24)28(33)35)32-13-11-31(12-14-32)19(3)4/h7-10,15-16,18-19H,11-14,17H2,1-6H3,(H,29,34). The van der Waals surface area contributed by atoms with Crippen LogP contribution in [0.15, 0.2) is 41.2 Å². The van der Waals surface area contributed by atoms with Gasteiger partial charge in [-0.2, -0.15) is 0 Å². The molecule has 0 aliphatic carbocycles. The Morgan fingerprint density at radius 2 is 1.78 bits per heavy atom. The lowest BCUT2D eigenvalue weighted by atomic mass is 10.1. The molecule has 1 aliphatic rings. The molecule has 1 amide bonds. The van der Waals surface area contributed by atoms with Crippen LogP contribution in [0.5, 0.6) is 5.75 Å². The molecule has 192 valence electrons. The number of nitrogens with zero attached hydrogens (tertiary/aromatic N) is 4. The fraction of sp³-hybridized carbons (Fsp3) is 0.464. The number of rotatable bonds is 7. The summed E-state index contributed by atoms with van der Waals surface area (Å²) in [7, 11) is 1.62. The van der Waals surface area contributed by atoms with Gasteiger partial charge in [0, 0.05) is 49.5 Å². The Kier molecular flexibility index (Phi) is 7.64. The van der Waals surface area contributed by atoms with E-state index in [1.165, 1.54) is 4.57 Å². The molecule has 4 rings (SSSR count). The number of ether oxygens (including phenoxy) is 1. The number of piperazine rings is 1. The van der Waals surface area contributed by atoms with Crippen molar-refractivity contribution in [2.45, 2.75) is 53.2 Å². The lowest BCUT2D eigenvalue weighted by Crippen LogP contribution is -2.48. The van der Waals surface area contributed by atoms with Crippen molar-refractivity contribution in [3.63, 3.8) is 0 Å². The van der Waals surface area contributed by atoms with Crippen LogP contribution in [0, 0.1) is 6.92 Å². The monoisotopic (exact) mass is 491 g/mol. The van der Waals surface area contributed by atoms with Crippen molar-refractivity contribution in [1.82, 2.24) is 19.8 Å². The quantitative estimate of drug-likeness (QED) is 0.546. The zero-order valence-corrected chi connectivity index (χ0v) is 22.2. The Hall–Kier alpha value is -3.39. The van der Waals surface area contributed by atoms with Crippen LogP contribution in [0.25, 0.3) is 22.3 Å². The summed E-state index contributed by atoms with van der Waals surface area (Å²) in [6.07, 6.45) is 0. The van der Waals surface area contributed by atoms with Gasteiger partial charge in [-0.05, 0) is 64.4 Å². The number of anilines is 1. The number of benzene rings is 2. The predicted molar refractivity (Wildman–Crippen MR) is 145 cm³/mol. The van der Waals surface area contributed by atoms with Gasteiger partial charge >= 0.3 is 0 Å². The van der Waals surface area contributed by atoms with Gasteiger partial charge in [-0.3, -0.25) is 19.1 Å². The molecule has 2 aromatic carbocycles. The van der Waals surface area contributed by atoms with Crippen molar-refractivity contribution in [2.75, 3.05) is 38.2 Å². The van der Waals surface area contributed by atoms with Gasteiger partial charge in [-0.1, -0.05) is 12.1 Å². The number of aromatic nitrogens is 2. The van der Waals surface area contributed by atoms with Crippen molar-refractivity contribution in [1.29, 1.82) is 0 Å². The van der Waals surface area contributed by atoms with Crippen molar-refractivity contribution in [3.05, 3.63) is 52.3 Å².